The minimum Gasteiger partial charge on any atom is -0.467 e. The summed E-state index contributed by atoms with van der Waals surface area (Å²) < 4.78 is 10.3. The van der Waals surface area contributed by atoms with E-state index in [9.17, 15) is 19.8 Å². The largest absolute Gasteiger partial charge is 0.467 e. The number of hydrogen-bond donors (Lipinski definition) is 2. The Morgan fingerprint density at radius 2 is 1.64 bits per heavy atom. The molecule has 1 aliphatic carbocycles. The van der Waals surface area contributed by atoms with Crippen molar-refractivity contribution < 1.29 is 29.3 Å². The van der Waals surface area contributed by atoms with E-state index in [1.54, 1.807) is 13.0 Å². The highest BCUT2D eigenvalue weighted by atomic mass is 16.5. The molecule has 1 aliphatic rings. The summed E-state index contributed by atoms with van der Waals surface area (Å²) >= 11 is 0. The highest BCUT2D eigenvalue weighted by molar-refractivity contribution is 5.82. The first-order valence-corrected chi connectivity index (χ1v) is 12.5. The lowest BCUT2D eigenvalue weighted by Gasteiger charge is -2.31. The molecule has 0 spiro atoms. The molecule has 2 aromatic carbocycles. The summed E-state index contributed by atoms with van der Waals surface area (Å²) in [6.07, 6.45) is 7.10. The molecule has 2 aromatic rings. The van der Waals surface area contributed by atoms with Crippen molar-refractivity contribution in [1.29, 1.82) is 0 Å². The molecule has 0 unspecified atom stereocenters. The molecule has 0 saturated heterocycles. The van der Waals surface area contributed by atoms with Crippen LogP contribution in [0.5, 0.6) is 0 Å². The molecule has 2 N–H and O–H groups in total. The second-order valence-corrected chi connectivity index (χ2v) is 9.21. The number of methoxy groups -OCH3 is 1. The summed E-state index contributed by atoms with van der Waals surface area (Å²) in [5.74, 6) is -1.40. The maximum Gasteiger partial charge on any atom is 0.344 e. The van der Waals surface area contributed by atoms with Crippen LogP contribution in [-0.4, -0.2) is 47.6 Å². The number of benzene rings is 2. The van der Waals surface area contributed by atoms with Gasteiger partial charge in [0.1, 0.15) is 6.61 Å². The molecule has 36 heavy (non-hydrogen) atoms. The summed E-state index contributed by atoms with van der Waals surface area (Å²) in [6, 6.07) is 16.5. The van der Waals surface area contributed by atoms with Crippen LogP contribution >= 0.6 is 0 Å². The molecule has 192 valence electrons. The minimum atomic E-state index is -2.10. The molecule has 0 amide bonds. The van der Waals surface area contributed by atoms with Crippen molar-refractivity contribution in [3.8, 4) is 11.1 Å². The molecule has 0 aromatic heterocycles. The molecule has 0 aliphatic heterocycles. The van der Waals surface area contributed by atoms with E-state index in [2.05, 4.69) is 29.0 Å². The zero-order chi connectivity index (χ0) is 26.1. The number of carbonyl (C=O) groups excluding carboxylic acids is 2. The number of fused-ring (bicyclic) bond motifs is 3. The monoisotopic (exact) mass is 492 g/mol. The molecule has 3 rings (SSSR count). The van der Waals surface area contributed by atoms with Gasteiger partial charge in [0.15, 0.2) is 0 Å². The molecule has 0 heterocycles. The topological polar surface area (TPSA) is 93.1 Å². The van der Waals surface area contributed by atoms with Gasteiger partial charge in [-0.05, 0) is 47.1 Å². The molecule has 3 atom stereocenters. The lowest BCUT2D eigenvalue weighted by Crippen LogP contribution is -2.51. The molecular weight excluding hydrogens is 456 g/mol. The van der Waals surface area contributed by atoms with Crippen molar-refractivity contribution in [3.63, 3.8) is 0 Å². The van der Waals surface area contributed by atoms with E-state index in [4.69, 9.17) is 4.74 Å². The first-order chi connectivity index (χ1) is 17.3. The first kappa shape index (κ1) is 27.4. The first-order valence-electron chi connectivity index (χ1n) is 12.5. The van der Waals surface area contributed by atoms with Gasteiger partial charge in [-0.2, -0.15) is 0 Å². The van der Waals surface area contributed by atoms with Gasteiger partial charge in [-0.15, -0.1) is 0 Å². The van der Waals surface area contributed by atoms with Gasteiger partial charge in [-0.3, -0.25) is 4.79 Å². The molecular formula is C30H36O6. The zero-order valence-electron chi connectivity index (χ0n) is 21.2. The van der Waals surface area contributed by atoms with E-state index in [0.29, 0.717) is 25.9 Å². The van der Waals surface area contributed by atoms with Crippen LogP contribution < -0.4 is 0 Å². The Morgan fingerprint density at radius 3 is 2.22 bits per heavy atom. The Morgan fingerprint density at radius 1 is 1.03 bits per heavy atom. The highest BCUT2D eigenvalue weighted by Crippen LogP contribution is 2.44. The van der Waals surface area contributed by atoms with Crippen molar-refractivity contribution in [3.05, 3.63) is 84.0 Å². The number of aliphatic hydroxyl groups is 2. The quantitative estimate of drug-likeness (QED) is 0.322. The van der Waals surface area contributed by atoms with Crippen molar-refractivity contribution >= 4 is 11.9 Å². The Balaban J connectivity index is 1.47. The zero-order valence-corrected chi connectivity index (χ0v) is 21.2. The van der Waals surface area contributed by atoms with Gasteiger partial charge in [0.05, 0.1) is 13.2 Å². The summed E-state index contributed by atoms with van der Waals surface area (Å²) in [6.45, 7) is 3.94. The molecule has 0 saturated carbocycles. The smallest absolute Gasteiger partial charge is 0.344 e. The SMILES string of the molecule is CC[C@H](C)[C@@H](O)[C@@](O)(/C=C/C/C=C/CCC(=O)OCC1c2ccccc2-c2ccccc21)C(=O)OC. The van der Waals surface area contributed by atoms with Gasteiger partial charge in [-0.25, -0.2) is 4.79 Å². The summed E-state index contributed by atoms with van der Waals surface area (Å²) in [5, 5.41) is 21.1. The van der Waals surface area contributed by atoms with Gasteiger partial charge in [-0.1, -0.05) is 87.0 Å². The van der Waals surface area contributed by atoms with Crippen LogP contribution in [0.1, 0.15) is 56.6 Å². The number of allylic oxidation sites excluding steroid dienone is 3. The van der Waals surface area contributed by atoms with Crippen LogP contribution in [0.2, 0.25) is 0 Å². The fraction of sp³-hybridized carbons (Fsp3) is 0.400. The normalized spacial score (nSPS) is 16.4. The van der Waals surface area contributed by atoms with E-state index < -0.39 is 17.7 Å². The van der Waals surface area contributed by atoms with Gasteiger partial charge in [0.2, 0.25) is 5.60 Å². The second-order valence-electron chi connectivity index (χ2n) is 9.21. The summed E-state index contributed by atoms with van der Waals surface area (Å²) in [5.41, 5.74) is 2.66. The number of carbonyl (C=O) groups is 2. The Labute approximate surface area is 213 Å². The lowest BCUT2D eigenvalue weighted by molar-refractivity contribution is -0.170. The number of aliphatic hydroxyl groups excluding tert-OH is 1. The van der Waals surface area contributed by atoms with Gasteiger partial charge < -0.3 is 19.7 Å². The maximum atomic E-state index is 12.3. The van der Waals surface area contributed by atoms with Crippen LogP contribution in [-0.2, 0) is 19.1 Å². The van der Waals surface area contributed by atoms with E-state index in [0.717, 1.165) is 0 Å². The number of esters is 2. The highest BCUT2D eigenvalue weighted by Gasteiger charge is 2.44. The average molecular weight is 493 g/mol. The van der Waals surface area contributed by atoms with E-state index in [1.165, 1.54) is 35.4 Å². The Kier molecular flexibility index (Phi) is 9.62. The van der Waals surface area contributed by atoms with Crippen LogP contribution in [0.15, 0.2) is 72.8 Å². The van der Waals surface area contributed by atoms with E-state index in [-0.39, 0.29) is 24.2 Å². The van der Waals surface area contributed by atoms with Crippen LogP contribution in [0.25, 0.3) is 11.1 Å². The van der Waals surface area contributed by atoms with Gasteiger partial charge in [0, 0.05) is 12.3 Å². The molecule has 0 bridgehead atoms. The molecule has 6 heteroatoms. The predicted octanol–water partition coefficient (Wildman–Crippen LogP) is 4.94. The fourth-order valence-electron chi connectivity index (χ4n) is 4.54. The lowest BCUT2D eigenvalue weighted by atomic mass is 9.86. The third kappa shape index (κ3) is 6.12. The van der Waals surface area contributed by atoms with Crippen molar-refractivity contribution in [1.82, 2.24) is 0 Å². The summed E-state index contributed by atoms with van der Waals surface area (Å²) in [4.78, 5) is 24.4. The third-order valence-corrected chi connectivity index (χ3v) is 6.85. The van der Waals surface area contributed by atoms with Gasteiger partial charge >= 0.3 is 11.9 Å². The van der Waals surface area contributed by atoms with Crippen molar-refractivity contribution in [2.24, 2.45) is 5.92 Å². The number of rotatable bonds is 12. The Bertz CT molecular complexity index is 1060. The molecule has 0 fully saturated rings. The second kappa shape index (κ2) is 12.7. The van der Waals surface area contributed by atoms with Crippen LogP contribution in [0.4, 0.5) is 0 Å². The van der Waals surface area contributed by atoms with Crippen molar-refractivity contribution in [2.75, 3.05) is 13.7 Å². The van der Waals surface area contributed by atoms with E-state index >= 15 is 0 Å². The maximum absolute atomic E-state index is 12.3. The molecule has 0 radical (unpaired) electrons. The fourth-order valence-corrected chi connectivity index (χ4v) is 4.54. The number of ether oxygens (including phenoxy) is 2. The van der Waals surface area contributed by atoms with E-state index in [1.807, 2.05) is 43.3 Å². The predicted molar refractivity (Wildman–Crippen MR) is 139 cm³/mol. The minimum absolute atomic E-state index is 0.0429. The number of hydrogen-bond acceptors (Lipinski definition) is 6. The van der Waals surface area contributed by atoms with Gasteiger partial charge in [0.25, 0.3) is 0 Å². The molecule has 6 nitrogen and oxygen atoms in total. The third-order valence-electron chi connectivity index (χ3n) is 6.85. The Hall–Kier alpha value is -3.22. The summed E-state index contributed by atoms with van der Waals surface area (Å²) in [7, 11) is 1.17. The standard InChI is InChI=1S/C30H36O6/c1-4-21(2)28(32)30(34,29(33)35-3)19-13-7-5-6-8-18-27(31)36-20-26-24-16-11-9-14-22(24)23-15-10-12-17-25(23)26/h5-6,9-17,19,21,26,28,32,34H,4,7-8,18,20H2,1-3H3/b6-5+,19-13+/t21-,28+,30-/m0/s1. The van der Waals surface area contributed by atoms with Crippen LogP contribution in [0, 0.1) is 5.92 Å². The average Bonchev–Trinajstić information content (AvgIpc) is 3.23. The van der Waals surface area contributed by atoms with Crippen LogP contribution in [0.3, 0.4) is 0 Å². The van der Waals surface area contributed by atoms with Crippen molar-refractivity contribution in [2.45, 2.75) is 57.2 Å².